The van der Waals surface area contributed by atoms with Crippen molar-refractivity contribution in [2.75, 3.05) is 37.7 Å². The average Bonchev–Trinajstić information content (AvgIpc) is 2.36. The molecule has 2 aliphatic carbocycles. The number of nitrogens with zero attached hydrogens (tertiary/aromatic N) is 1. The molecule has 3 unspecified atom stereocenters. The molecule has 10 rings (SSSR count). The lowest BCUT2D eigenvalue weighted by molar-refractivity contribution is -0.0980. The summed E-state index contributed by atoms with van der Waals surface area (Å²) < 4.78 is 12.3. The highest BCUT2D eigenvalue weighted by Crippen LogP contribution is 2.60. The van der Waals surface area contributed by atoms with Gasteiger partial charge in [-0.05, 0) is 200 Å². The first kappa shape index (κ1) is 59.3. The number of aryl methyl sites for hydroxylation is 3. The van der Waals surface area contributed by atoms with E-state index in [1.807, 2.05) is 32.8 Å². The van der Waals surface area contributed by atoms with Crippen molar-refractivity contribution in [3.8, 4) is 39.1 Å². The summed E-state index contributed by atoms with van der Waals surface area (Å²) in [6.45, 7) is 26.4. The topological polar surface area (TPSA) is 84.9 Å². The predicted octanol–water partition coefficient (Wildman–Crippen LogP) is 17.3. The average molecular weight is 1080 g/mol. The van der Waals surface area contributed by atoms with Crippen LogP contribution in [0.2, 0.25) is 0 Å². The lowest BCUT2D eigenvalue weighted by Gasteiger charge is -2.35. The van der Waals surface area contributed by atoms with Crippen LogP contribution in [0.3, 0.4) is 0 Å². The number of benzene rings is 8. The summed E-state index contributed by atoms with van der Waals surface area (Å²) in [6.07, 6.45) is 4.20. The zero-order valence-electron chi connectivity index (χ0n) is 48.6. The second-order valence-electron chi connectivity index (χ2n) is 21.7. The molecule has 0 spiro atoms. The maximum atomic E-state index is 14.2. The van der Waals surface area contributed by atoms with E-state index in [-0.39, 0.29) is 25.9 Å². The van der Waals surface area contributed by atoms with E-state index in [2.05, 4.69) is 204 Å². The molecule has 0 radical (unpaired) electrons. The third kappa shape index (κ3) is 10.6. The summed E-state index contributed by atoms with van der Waals surface area (Å²) in [5, 5.41) is 3.63. The Hall–Kier alpha value is -7.87. The van der Waals surface area contributed by atoms with Crippen LogP contribution >= 0.6 is 0 Å². The number of ketones is 1. The number of ether oxygens (including phenoxy) is 2. The molecule has 1 N–H and O–H groups in total. The number of fused-ring (bicyclic) bond motifs is 6. The van der Waals surface area contributed by atoms with E-state index >= 15 is 0 Å². The first-order chi connectivity index (χ1) is 38.8. The molecular formula is C74H82N2O5. The minimum Gasteiger partial charge on any atom is -0.493 e. The minimum absolute atomic E-state index is 0. The summed E-state index contributed by atoms with van der Waals surface area (Å²) in [4.78, 5) is 38.2. The van der Waals surface area contributed by atoms with Crippen molar-refractivity contribution < 1.29 is 23.9 Å². The van der Waals surface area contributed by atoms with Crippen LogP contribution in [0.15, 0.2) is 158 Å². The number of anilines is 1. The molecule has 0 aromatic heterocycles. The molecule has 0 amide bonds. The van der Waals surface area contributed by atoms with E-state index in [0.717, 1.165) is 101 Å². The van der Waals surface area contributed by atoms with Gasteiger partial charge in [-0.25, -0.2) is 4.79 Å². The van der Waals surface area contributed by atoms with Crippen LogP contribution in [-0.2, 0) is 20.4 Å². The standard InChI is InChI=1S/C72H76N2O4.CH2O.CH4/c1-11-16-17-18-39-78-69-38-31-57(45-64(69)70(76)77-15-5)72(56-26-21-48(8)63(44-56)50(10)75)66-41-47(7)20-35-60(66)62-37-25-53(43-68(62)72)52-24-36-61-59-34-19-46(6)40-65(59)71(67(61)42-52,54-27-22-51(23-28-54)49(9)73-12-2)55-29-32-58(33-30-55)74(13-3)14-4;1-2;/h19-38,40-45,49,73H,11-18,39H2,1-10H3;1H2;1H4. The highest BCUT2D eigenvalue weighted by molar-refractivity contribution is 5.98. The van der Waals surface area contributed by atoms with E-state index in [1.54, 1.807) is 6.92 Å². The molecule has 418 valence electrons. The number of hydrogen-bond acceptors (Lipinski definition) is 7. The Morgan fingerprint density at radius 2 is 1.04 bits per heavy atom. The summed E-state index contributed by atoms with van der Waals surface area (Å²) in [7, 11) is 0. The van der Waals surface area contributed by atoms with Crippen molar-refractivity contribution in [1.82, 2.24) is 5.32 Å². The third-order valence-corrected chi connectivity index (χ3v) is 16.9. The molecule has 0 fully saturated rings. The van der Waals surface area contributed by atoms with Gasteiger partial charge >= 0.3 is 5.97 Å². The Bertz CT molecular complexity index is 3560. The number of rotatable bonds is 20. The third-order valence-electron chi connectivity index (χ3n) is 16.9. The van der Waals surface area contributed by atoms with Crippen LogP contribution < -0.4 is 15.0 Å². The number of carbonyl (C=O) groups is 3. The first-order valence-corrected chi connectivity index (χ1v) is 28.9. The molecule has 8 aromatic carbocycles. The maximum absolute atomic E-state index is 14.2. The molecule has 7 heteroatoms. The van der Waals surface area contributed by atoms with E-state index in [4.69, 9.17) is 14.3 Å². The Labute approximate surface area is 482 Å². The van der Waals surface area contributed by atoms with Crippen molar-refractivity contribution >= 4 is 24.2 Å². The number of esters is 1. The minimum atomic E-state index is -0.960. The Balaban J connectivity index is 0.00000284. The van der Waals surface area contributed by atoms with E-state index in [0.29, 0.717) is 23.5 Å². The highest BCUT2D eigenvalue weighted by Gasteiger charge is 2.49. The SMILES string of the molecule is C.C=O.CCCCCCOc1ccc(C2(c3ccc(C)c(C(C)=O)c3)c3cc(C)ccc3-c3ccc(-c4ccc5c(c4)C(c4ccc(C(C)NCC)cc4)(c4ccc(N(CC)CC)cc4)c4cc(C)ccc4-5)cc32)cc1C(=O)OCC. The van der Waals surface area contributed by atoms with Crippen LogP contribution in [0.4, 0.5) is 5.69 Å². The molecule has 0 saturated heterocycles. The molecule has 2 aliphatic rings. The predicted molar refractivity (Wildman–Crippen MR) is 336 cm³/mol. The van der Waals surface area contributed by atoms with Crippen molar-refractivity contribution in [2.45, 2.75) is 119 Å². The molecule has 0 heterocycles. The van der Waals surface area contributed by atoms with Crippen molar-refractivity contribution in [3.63, 3.8) is 0 Å². The highest BCUT2D eigenvalue weighted by atomic mass is 16.5. The molecule has 8 aromatic rings. The lowest BCUT2D eigenvalue weighted by Crippen LogP contribution is -2.30. The van der Waals surface area contributed by atoms with Gasteiger partial charge in [0.2, 0.25) is 0 Å². The van der Waals surface area contributed by atoms with Crippen LogP contribution in [0.25, 0.3) is 33.4 Å². The van der Waals surface area contributed by atoms with E-state index < -0.39 is 16.8 Å². The van der Waals surface area contributed by atoms with Gasteiger partial charge < -0.3 is 24.5 Å². The quantitative estimate of drug-likeness (QED) is 0.0462. The Morgan fingerprint density at radius 3 is 1.54 bits per heavy atom. The zero-order chi connectivity index (χ0) is 56.9. The Morgan fingerprint density at radius 1 is 0.556 bits per heavy atom. The summed E-state index contributed by atoms with van der Waals surface area (Å²) in [5.74, 6) is 0.0864. The van der Waals surface area contributed by atoms with Gasteiger partial charge in [0.1, 0.15) is 18.1 Å². The van der Waals surface area contributed by atoms with E-state index in [9.17, 15) is 9.59 Å². The van der Waals surface area contributed by atoms with Gasteiger partial charge in [0.05, 0.1) is 24.0 Å². The number of hydrogen-bond donors (Lipinski definition) is 1. The fraction of sp³-hybridized carbons (Fsp3) is 0.311. The fourth-order valence-electron chi connectivity index (χ4n) is 13.0. The second kappa shape index (κ2) is 25.3. The molecule has 81 heavy (non-hydrogen) atoms. The molecule has 3 atom stereocenters. The maximum Gasteiger partial charge on any atom is 0.341 e. The van der Waals surface area contributed by atoms with Gasteiger partial charge in [0.15, 0.2) is 5.78 Å². The van der Waals surface area contributed by atoms with Crippen LogP contribution in [0.5, 0.6) is 5.75 Å². The normalized spacial score (nSPS) is 15.7. The van der Waals surface area contributed by atoms with Crippen molar-refractivity contribution in [2.24, 2.45) is 0 Å². The first-order valence-electron chi connectivity index (χ1n) is 28.9. The smallest absolute Gasteiger partial charge is 0.341 e. The number of unbranched alkanes of at least 4 members (excludes halogenated alkanes) is 3. The monoisotopic (exact) mass is 1080 g/mol. The van der Waals surface area contributed by atoms with Crippen LogP contribution in [0, 0.1) is 20.8 Å². The van der Waals surface area contributed by atoms with Crippen molar-refractivity contribution in [1.29, 1.82) is 0 Å². The molecule has 0 aliphatic heterocycles. The lowest BCUT2D eigenvalue weighted by atomic mass is 9.66. The summed E-state index contributed by atoms with van der Waals surface area (Å²) >= 11 is 0. The van der Waals surface area contributed by atoms with Crippen LogP contribution in [-0.4, -0.2) is 51.4 Å². The van der Waals surface area contributed by atoms with E-state index in [1.165, 1.54) is 50.2 Å². The summed E-state index contributed by atoms with van der Waals surface area (Å²) in [5.41, 5.74) is 21.0. The number of nitrogens with one attached hydrogen (secondary N) is 1. The fourth-order valence-corrected chi connectivity index (χ4v) is 13.0. The number of Topliss-reactive ketones (excluding diaryl/α,β-unsaturated/α-hetero) is 1. The second-order valence-corrected chi connectivity index (χ2v) is 21.7. The van der Waals surface area contributed by atoms with Gasteiger partial charge in [-0.3, -0.25) is 4.79 Å². The molecule has 0 saturated carbocycles. The van der Waals surface area contributed by atoms with Gasteiger partial charge in [0, 0.05) is 30.4 Å². The molecular weight excluding hydrogens is 997 g/mol. The van der Waals surface area contributed by atoms with Gasteiger partial charge in [-0.2, -0.15) is 0 Å². The number of carbonyl (C=O) groups excluding carboxylic acids is 3. The summed E-state index contributed by atoms with van der Waals surface area (Å²) in [6, 6.07) is 59.1. The van der Waals surface area contributed by atoms with Gasteiger partial charge in [0.25, 0.3) is 0 Å². The van der Waals surface area contributed by atoms with Gasteiger partial charge in [-0.1, -0.05) is 167 Å². The molecule has 0 bridgehead atoms. The Kier molecular flexibility index (Phi) is 18.5. The largest absolute Gasteiger partial charge is 0.493 e. The van der Waals surface area contributed by atoms with Crippen molar-refractivity contribution in [3.05, 3.63) is 236 Å². The van der Waals surface area contributed by atoms with Gasteiger partial charge in [-0.15, -0.1) is 0 Å². The molecule has 7 nitrogen and oxygen atoms in total. The van der Waals surface area contributed by atoms with Crippen LogP contribution in [0.1, 0.15) is 175 Å². The zero-order valence-corrected chi connectivity index (χ0v) is 48.6.